The van der Waals surface area contributed by atoms with Crippen molar-refractivity contribution in [1.82, 2.24) is 4.98 Å². The monoisotopic (exact) mass is 317 g/mol. The van der Waals surface area contributed by atoms with Crippen molar-refractivity contribution in [2.45, 2.75) is 0 Å². The summed E-state index contributed by atoms with van der Waals surface area (Å²) in [5.74, 6) is 1.18. The van der Waals surface area contributed by atoms with Crippen LogP contribution in [0.15, 0.2) is 41.0 Å². The lowest BCUT2D eigenvalue weighted by atomic mass is 10.3. The molecule has 0 spiro atoms. The molecular weight excluding hydrogens is 313 g/mol. The molecule has 0 fully saturated rings. The van der Waals surface area contributed by atoms with Gasteiger partial charge >= 0.3 is 0 Å². The summed E-state index contributed by atoms with van der Waals surface area (Å²) >= 11 is 15.1. The highest BCUT2D eigenvalue weighted by molar-refractivity contribution is 9.10. The molecule has 2 rings (SSSR count). The number of hydrogen-bond donors (Lipinski definition) is 0. The molecule has 16 heavy (non-hydrogen) atoms. The van der Waals surface area contributed by atoms with Gasteiger partial charge in [-0.05, 0) is 24.3 Å². The summed E-state index contributed by atoms with van der Waals surface area (Å²) in [6, 6.07) is 8.73. The van der Waals surface area contributed by atoms with Crippen LogP contribution in [0, 0.1) is 0 Å². The Kier molecular flexibility index (Phi) is 3.69. The van der Waals surface area contributed by atoms with E-state index in [0.717, 1.165) is 4.47 Å². The van der Waals surface area contributed by atoms with E-state index in [4.69, 9.17) is 27.9 Å². The van der Waals surface area contributed by atoms with E-state index in [1.807, 2.05) is 6.07 Å². The normalized spacial score (nSPS) is 10.2. The third-order valence-corrected chi connectivity index (χ3v) is 2.82. The summed E-state index contributed by atoms with van der Waals surface area (Å²) < 4.78 is 6.47. The van der Waals surface area contributed by atoms with Gasteiger partial charge in [0, 0.05) is 16.7 Å². The Balaban J connectivity index is 2.27. The predicted octanol–water partition coefficient (Wildman–Crippen LogP) is 4.94. The second kappa shape index (κ2) is 5.04. The fourth-order valence-electron chi connectivity index (χ4n) is 1.13. The van der Waals surface area contributed by atoms with Crippen LogP contribution in [-0.4, -0.2) is 4.98 Å². The van der Waals surface area contributed by atoms with Crippen LogP contribution in [0.1, 0.15) is 0 Å². The largest absolute Gasteiger partial charge is 0.456 e. The van der Waals surface area contributed by atoms with Crippen LogP contribution >= 0.6 is 39.1 Å². The molecule has 0 saturated heterocycles. The number of benzene rings is 1. The highest BCUT2D eigenvalue weighted by Gasteiger charge is 2.04. The summed E-state index contributed by atoms with van der Waals surface area (Å²) in [5, 5.41) is 0.910. The number of aromatic nitrogens is 1. The first-order valence-electron chi connectivity index (χ1n) is 4.39. The van der Waals surface area contributed by atoms with Crippen molar-refractivity contribution >= 4 is 39.1 Å². The van der Waals surface area contributed by atoms with E-state index in [0.29, 0.717) is 21.7 Å². The second-order valence-electron chi connectivity index (χ2n) is 2.99. The molecule has 0 aliphatic carbocycles. The third-order valence-electron chi connectivity index (χ3n) is 1.82. The molecule has 5 heteroatoms. The zero-order valence-corrected chi connectivity index (χ0v) is 11.1. The van der Waals surface area contributed by atoms with Gasteiger partial charge in [-0.2, -0.15) is 0 Å². The van der Waals surface area contributed by atoms with Gasteiger partial charge in [-0.15, -0.1) is 0 Å². The van der Waals surface area contributed by atoms with Crippen molar-refractivity contribution in [1.29, 1.82) is 0 Å². The summed E-state index contributed by atoms with van der Waals surface area (Å²) in [7, 11) is 0. The van der Waals surface area contributed by atoms with E-state index in [-0.39, 0.29) is 0 Å². The Bertz CT molecular complexity index is 519. The average Bonchev–Trinajstić information content (AvgIpc) is 2.22. The van der Waals surface area contributed by atoms with Crippen molar-refractivity contribution in [2.75, 3.05) is 0 Å². The molecule has 0 atom stereocenters. The van der Waals surface area contributed by atoms with Crippen molar-refractivity contribution in [3.63, 3.8) is 0 Å². The lowest BCUT2D eigenvalue weighted by molar-refractivity contribution is 0.482. The van der Waals surface area contributed by atoms with E-state index in [2.05, 4.69) is 20.9 Å². The van der Waals surface area contributed by atoms with Gasteiger partial charge in [-0.25, -0.2) is 4.98 Å². The fourth-order valence-corrected chi connectivity index (χ4v) is 2.01. The molecule has 2 nitrogen and oxygen atoms in total. The van der Waals surface area contributed by atoms with Crippen LogP contribution in [0.2, 0.25) is 10.2 Å². The average molecular weight is 319 g/mol. The van der Waals surface area contributed by atoms with Crippen molar-refractivity contribution in [3.8, 4) is 11.5 Å². The van der Waals surface area contributed by atoms with Gasteiger partial charge < -0.3 is 4.74 Å². The molecule has 1 aromatic heterocycles. The molecule has 82 valence electrons. The van der Waals surface area contributed by atoms with Gasteiger partial charge in [0.05, 0.1) is 5.02 Å². The van der Waals surface area contributed by atoms with Gasteiger partial charge in [-0.3, -0.25) is 0 Å². The highest BCUT2D eigenvalue weighted by atomic mass is 79.9. The quantitative estimate of drug-likeness (QED) is 0.731. The Morgan fingerprint density at radius 1 is 1.12 bits per heavy atom. The van der Waals surface area contributed by atoms with Crippen LogP contribution in [0.3, 0.4) is 0 Å². The van der Waals surface area contributed by atoms with Gasteiger partial charge in [0.15, 0.2) is 0 Å². The second-order valence-corrected chi connectivity index (χ2v) is 4.70. The van der Waals surface area contributed by atoms with Crippen LogP contribution in [0.5, 0.6) is 11.5 Å². The SMILES string of the molecule is Clc1cc(Oc2ccc(Br)cc2Cl)ccn1. The van der Waals surface area contributed by atoms with Gasteiger partial charge in [0.25, 0.3) is 0 Å². The first-order valence-corrected chi connectivity index (χ1v) is 5.94. The fraction of sp³-hybridized carbons (Fsp3) is 0. The van der Waals surface area contributed by atoms with Crippen LogP contribution in [-0.2, 0) is 0 Å². The summed E-state index contributed by atoms with van der Waals surface area (Å²) in [6.07, 6.45) is 1.57. The van der Waals surface area contributed by atoms with E-state index >= 15 is 0 Å². The topological polar surface area (TPSA) is 22.1 Å². The highest BCUT2D eigenvalue weighted by Crippen LogP contribution is 2.31. The lowest BCUT2D eigenvalue weighted by Crippen LogP contribution is -1.86. The lowest BCUT2D eigenvalue weighted by Gasteiger charge is -2.07. The van der Waals surface area contributed by atoms with Crippen molar-refractivity contribution < 1.29 is 4.74 Å². The molecule has 0 N–H and O–H groups in total. The smallest absolute Gasteiger partial charge is 0.146 e. The minimum atomic E-state index is 0.380. The molecule has 0 unspecified atom stereocenters. The molecule has 0 bridgehead atoms. The molecule has 2 aromatic rings. The molecule has 1 heterocycles. The molecule has 0 saturated carbocycles. The summed E-state index contributed by atoms with van der Waals surface area (Å²) in [5.41, 5.74) is 0. The molecule has 0 aliphatic rings. The Labute approximate surface area is 111 Å². The van der Waals surface area contributed by atoms with E-state index < -0.39 is 0 Å². The first-order chi connectivity index (χ1) is 7.65. The van der Waals surface area contributed by atoms with Crippen molar-refractivity contribution in [3.05, 3.63) is 51.2 Å². The first kappa shape index (κ1) is 11.7. The zero-order chi connectivity index (χ0) is 11.5. The van der Waals surface area contributed by atoms with Crippen LogP contribution in [0.25, 0.3) is 0 Å². The third kappa shape index (κ3) is 2.88. The molecule has 0 radical (unpaired) electrons. The van der Waals surface area contributed by atoms with Gasteiger partial charge in [0.2, 0.25) is 0 Å². The molecule has 0 aliphatic heterocycles. The van der Waals surface area contributed by atoms with Crippen LogP contribution < -0.4 is 4.74 Å². The van der Waals surface area contributed by atoms with E-state index in [1.54, 1.807) is 30.5 Å². The number of hydrogen-bond acceptors (Lipinski definition) is 2. The van der Waals surface area contributed by atoms with Gasteiger partial charge in [-0.1, -0.05) is 39.1 Å². The predicted molar refractivity (Wildman–Crippen MR) is 68.5 cm³/mol. The molecular formula is C11H6BrCl2NO. The van der Waals surface area contributed by atoms with E-state index in [1.165, 1.54) is 0 Å². The number of pyridine rings is 1. The number of nitrogens with zero attached hydrogens (tertiary/aromatic N) is 1. The maximum absolute atomic E-state index is 6.02. The standard InChI is InChI=1S/C11H6BrCl2NO/c12-7-1-2-10(9(13)5-7)16-8-3-4-15-11(14)6-8/h1-6H. The number of rotatable bonds is 2. The maximum Gasteiger partial charge on any atom is 0.146 e. The summed E-state index contributed by atoms with van der Waals surface area (Å²) in [6.45, 7) is 0. The Hall–Kier alpha value is -0.770. The minimum Gasteiger partial charge on any atom is -0.456 e. The molecule has 0 amide bonds. The minimum absolute atomic E-state index is 0.380. The zero-order valence-electron chi connectivity index (χ0n) is 7.95. The number of halogens is 3. The van der Waals surface area contributed by atoms with Crippen molar-refractivity contribution in [2.24, 2.45) is 0 Å². The maximum atomic E-state index is 6.02. The number of ether oxygens (including phenoxy) is 1. The van der Waals surface area contributed by atoms with E-state index in [9.17, 15) is 0 Å². The summed E-state index contributed by atoms with van der Waals surface area (Å²) in [4.78, 5) is 3.86. The Morgan fingerprint density at radius 2 is 1.94 bits per heavy atom. The van der Waals surface area contributed by atoms with Crippen LogP contribution in [0.4, 0.5) is 0 Å². The van der Waals surface area contributed by atoms with Gasteiger partial charge in [0.1, 0.15) is 16.7 Å². The molecule has 1 aromatic carbocycles. The Morgan fingerprint density at radius 3 is 2.62 bits per heavy atom.